The Balaban J connectivity index is 1.59. The molecule has 0 saturated carbocycles. The number of aromatic nitrogens is 5. The minimum Gasteiger partial charge on any atom is -0.366 e. The Morgan fingerprint density at radius 1 is 1.38 bits per heavy atom. The Labute approximate surface area is 166 Å². The van der Waals surface area contributed by atoms with Crippen LogP contribution in [0.25, 0.3) is 0 Å². The molecule has 29 heavy (non-hydrogen) atoms. The summed E-state index contributed by atoms with van der Waals surface area (Å²) in [6.45, 7) is 2.15. The average Bonchev–Trinajstić information content (AvgIpc) is 3.39. The fourth-order valence-electron chi connectivity index (χ4n) is 3.82. The third-order valence-electron chi connectivity index (χ3n) is 5.23. The summed E-state index contributed by atoms with van der Waals surface area (Å²) in [5.74, 6) is 0.228. The van der Waals surface area contributed by atoms with E-state index in [0.29, 0.717) is 18.2 Å². The summed E-state index contributed by atoms with van der Waals surface area (Å²) in [5.41, 5.74) is 0.729. The number of carbonyl (C=O) groups is 1. The molecule has 3 aromatic rings. The topological polar surface area (TPSA) is 112 Å². The van der Waals surface area contributed by atoms with Crippen LogP contribution in [0.2, 0.25) is 0 Å². The van der Waals surface area contributed by atoms with Crippen molar-refractivity contribution < 1.29 is 9.72 Å². The van der Waals surface area contributed by atoms with Crippen LogP contribution in [0.3, 0.4) is 0 Å². The van der Waals surface area contributed by atoms with Crippen LogP contribution in [0.4, 0.5) is 11.4 Å². The number of piperidine rings is 1. The smallest absolute Gasteiger partial charge is 0.293 e. The first kappa shape index (κ1) is 18.8. The van der Waals surface area contributed by atoms with Crippen molar-refractivity contribution in [2.45, 2.75) is 19.4 Å². The van der Waals surface area contributed by atoms with E-state index in [1.54, 1.807) is 41.0 Å². The minimum absolute atomic E-state index is 0.0635. The predicted octanol–water partition coefficient (Wildman–Crippen LogP) is 2.07. The van der Waals surface area contributed by atoms with E-state index >= 15 is 0 Å². The highest BCUT2D eigenvalue weighted by Gasteiger charge is 2.27. The molecule has 0 N–H and O–H groups in total. The molecular formula is C19H21N7O3. The van der Waals surface area contributed by atoms with Gasteiger partial charge in [0.2, 0.25) is 5.78 Å². The van der Waals surface area contributed by atoms with E-state index in [-0.39, 0.29) is 22.9 Å². The third kappa shape index (κ3) is 3.86. The highest BCUT2D eigenvalue weighted by molar-refractivity contribution is 6.07. The van der Waals surface area contributed by atoms with Crippen LogP contribution >= 0.6 is 0 Å². The second kappa shape index (κ2) is 7.82. The average molecular weight is 395 g/mol. The van der Waals surface area contributed by atoms with Gasteiger partial charge in [-0.2, -0.15) is 5.10 Å². The maximum absolute atomic E-state index is 12.7. The molecule has 1 unspecified atom stereocenters. The van der Waals surface area contributed by atoms with Crippen LogP contribution in [-0.2, 0) is 13.6 Å². The van der Waals surface area contributed by atoms with Gasteiger partial charge in [0, 0.05) is 50.7 Å². The third-order valence-corrected chi connectivity index (χ3v) is 5.23. The SMILES string of the molecule is Cn1ccnc1C(=O)c1ccc(N2CCCC(Cn3cncn3)C2)c([N+](=O)[O-])c1. The molecule has 1 atom stereocenters. The number of nitrogens with zero attached hydrogens (tertiary/aromatic N) is 7. The first-order valence-corrected chi connectivity index (χ1v) is 9.40. The highest BCUT2D eigenvalue weighted by atomic mass is 16.6. The Morgan fingerprint density at radius 3 is 2.93 bits per heavy atom. The Bertz CT molecular complexity index is 1030. The van der Waals surface area contributed by atoms with Crippen molar-refractivity contribution in [3.05, 3.63) is 64.7 Å². The number of ketones is 1. The van der Waals surface area contributed by atoms with Gasteiger partial charge in [0.15, 0.2) is 5.82 Å². The van der Waals surface area contributed by atoms with Gasteiger partial charge in [-0.15, -0.1) is 0 Å². The number of nitro groups is 1. The molecule has 1 aromatic carbocycles. The molecule has 0 spiro atoms. The van der Waals surface area contributed by atoms with E-state index in [4.69, 9.17) is 0 Å². The van der Waals surface area contributed by atoms with E-state index in [0.717, 1.165) is 25.9 Å². The van der Waals surface area contributed by atoms with Gasteiger partial charge in [-0.3, -0.25) is 19.6 Å². The van der Waals surface area contributed by atoms with E-state index in [1.807, 2.05) is 4.90 Å². The lowest BCUT2D eigenvalue weighted by atomic mass is 9.97. The van der Waals surface area contributed by atoms with E-state index in [9.17, 15) is 14.9 Å². The van der Waals surface area contributed by atoms with Crippen LogP contribution in [0.15, 0.2) is 43.2 Å². The number of anilines is 1. The van der Waals surface area contributed by atoms with Crippen molar-refractivity contribution in [1.29, 1.82) is 0 Å². The van der Waals surface area contributed by atoms with Crippen molar-refractivity contribution in [3.63, 3.8) is 0 Å². The van der Waals surface area contributed by atoms with Crippen LogP contribution in [0, 0.1) is 16.0 Å². The molecule has 1 aliphatic rings. The van der Waals surface area contributed by atoms with Crippen molar-refractivity contribution in [3.8, 4) is 0 Å². The predicted molar refractivity (Wildman–Crippen MR) is 105 cm³/mol. The number of rotatable bonds is 6. The summed E-state index contributed by atoms with van der Waals surface area (Å²) in [4.78, 5) is 34.1. The lowest BCUT2D eigenvalue weighted by Crippen LogP contribution is -2.37. The summed E-state index contributed by atoms with van der Waals surface area (Å²) in [7, 11) is 1.71. The molecule has 0 aliphatic carbocycles. The number of aryl methyl sites for hydroxylation is 1. The van der Waals surface area contributed by atoms with Gasteiger partial charge in [-0.1, -0.05) is 0 Å². The van der Waals surface area contributed by atoms with Gasteiger partial charge in [0.05, 0.1) is 4.92 Å². The zero-order valence-corrected chi connectivity index (χ0v) is 16.0. The van der Waals surface area contributed by atoms with E-state index in [2.05, 4.69) is 15.1 Å². The number of imidazole rings is 1. The lowest BCUT2D eigenvalue weighted by molar-refractivity contribution is -0.384. The second-order valence-corrected chi connectivity index (χ2v) is 7.22. The molecule has 1 fully saturated rings. The maximum Gasteiger partial charge on any atom is 0.293 e. The van der Waals surface area contributed by atoms with E-state index in [1.165, 1.54) is 18.6 Å². The quantitative estimate of drug-likeness (QED) is 0.357. The number of nitro benzene ring substituents is 1. The normalized spacial score (nSPS) is 16.7. The van der Waals surface area contributed by atoms with Crippen molar-refractivity contribution in [1.82, 2.24) is 24.3 Å². The summed E-state index contributed by atoms with van der Waals surface area (Å²) in [5, 5.41) is 15.9. The van der Waals surface area contributed by atoms with Gasteiger partial charge in [0.1, 0.15) is 18.3 Å². The molecule has 2 aromatic heterocycles. The van der Waals surface area contributed by atoms with Gasteiger partial charge in [-0.25, -0.2) is 9.97 Å². The molecule has 1 aliphatic heterocycles. The monoisotopic (exact) mass is 395 g/mol. The largest absolute Gasteiger partial charge is 0.366 e. The molecule has 150 valence electrons. The number of carbonyl (C=O) groups excluding carboxylic acids is 1. The van der Waals surface area contributed by atoms with Crippen molar-refractivity contribution in [2.24, 2.45) is 13.0 Å². The lowest BCUT2D eigenvalue weighted by Gasteiger charge is -2.34. The minimum atomic E-state index is -0.425. The molecule has 10 nitrogen and oxygen atoms in total. The summed E-state index contributed by atoms with van der Waals surface area (Å²) in [6.07, 6.45) is 8.34. The first-order valence-electron chi connectivity index (χ1n) is 9.40. The van der Waals surface area contributed by atoms with Crippen LogP contribution < -0.4 is 4.90 Å². The number of hydrogen-bond acceptors (Lipinski definition) is 7. The van der Waals surface area contributed by atoms with Crippen molar-refractivity contribution in [2.75, 3.05) is 18.0 Å². The fraction of sp³-hybridized carbons (Fsp3) is 0.368. The molecule has 0 radical (unpaired) electrons. The fourth-order valence-corrected chi connectivity index (χ4v) is 3.82. The Morgan fingerprint density at radius 2 is 2.24 bits per heavy atom. The highest BCUT2D eigenvalue weighted by Crippen LogP contribution is 2.33. The van der Waals surface area contributed by atoms with E-state index < -0.39 is 4.92 Å². The van der Waals surface area contributed by atoms with Crippen LogP contribution in [0.1, 0.15) is 29.0 Å². The Kier molecular flexibility index (Phi) is 5.07. The molecule has 4 rings (SSSR count). The standard InChI is InChI=1S/C19H21N7O3/c1-23-8-6-21-19(23)18(27)15-4-5-16(17(9-15)26(28)29)24-7-2-3-14(10-24)11-25-13-20-12-22-25/h4-6,8-9,12-14H,2-3,7,10-11H2,1H3. The first-order chi connectivity index (χ1) is 14.0. The molecule has 10 heteroatoms. The van der Waals surface area contributed by atoms with Gasteiger partial charge in [0.25, 0.3) is 5.69 Å². The molecule has 1 saturated heterocycles. The summed E-state index contributed by atoms with van der Waals surface area (Å²) in [6, 6.07) is 4.67. The van der Waals surface area contributed by atoms with Crippen LogP contribution in [0.5, 0.6) is 0 Å². The zero-order chi connectivity index (χ0) is 20.4. The Hall–Kier alpha value is -3.56. The molecule has 0 bridgehead atoms. The second-order valence-electron chi connectivity index (χ2n) is 7.22. The maximum atomic E-state index is 12.7. The molecular weight excluding hydrogens is 374 g/mol. The van der Waals surface area contributed by atoms with Gasteiger partial charge >= 0.3 is 0 Å². The molecule has 3 heterocycles. The number of benzene rings is 1. The van der Waals surface area contributed by atoms with Crippen LogP contribution in [-0.4, -0.2) is 48.1 Å². The number of hydrogen-bond donors (Lipinski definition) is 0. The zero-order valence-electron chi connectivity index (χ0n) is 16.0. The van der Waals surface area contributed by atoms with Gasteiger partial charge in [-0.05, 0) is 30.9 Å². The summed E-state index contributed by atoms with van der Waals surface area (Å²) < 4.78 is 3.39. The molecule has 0 amide bonds. The summed E-state index contributed by atoms with van der Waals surface area (Å²) >= 11 is 0. The van der Waals surface area contributed by atoms with Gasteiger partial charge < -0.3 is 9.47 Å². The van der Waals surface area contributed by atoms with Crippen molar-refractivity contribution >= 4 is 17.2 Å².